The second kappa shape index (κ2) is 4.71. The van der Waals surface area contributed by atoms with Crippen LogP contribution in [0.2, 0.25) is 0 Å². The minimum absolute atomic E-state index is 0.238. The van der Waals surface area contributed by atoms with Crippen LogP contribution >= 0.6 is 0 Å². The summed E-state index contributed by atoms with van der Waals surface area (Å²) in [5.74, 6) is 3.79. The molecule has 0 aromatic carbocycles. The molecule has 4 rings (SSSR count). The number of fused-ring (bicyclic) bond motifs is 5. The van der Waals surface area contributed by atoms with Crippen molar-refractivity contribution in [2.75, 3.05) is 0 Å². The van der Waals surface area contributed by atoms with Crippen LogP contribution in [-0.2, 0) is 0 Å². The van der Waals surface area contributed by atoms with Crippen molar-refractivity contribution in [1.82, 2.24) is 0 Å². The maximum atomic E-state index is 6.40. The molecule has 4 saturated carbocycles. The first kappa shape index (κ1) is 14.5. The highest BCUT2D eigenvalue weighted by atomic mass is 14.8. The van der Waals surface area contributed by atoms with Crippen molar-refractivity contribution in [2.45, 2.75) is 83.7 Å². The Morgan fingerprint density at radius 1 is 0.857 bits per heavy atom. The SMILES string of the molecule is C[C@@]12CCC[C@H]1[C@@H]1CC[C@H]3C[C@H](N)[C@H](N)C[C@]3(C)[C@H]1CC2. The van der Waals surface area contributed by atoms with E-state index in [-0.39, 0.29) is 12.1 Å². The molecule has 0 amide bonds. The lowest BCUT2D eigenvalue weighted by Crippen LogP contribution is -2.59. The summed E-state index contributed by atoms with van der Waals surface area (Å²) in [7, 11) is 0. The van der Waals surface area contributed by atoms with Gasteiger partial charge in [-0.1, -0.05) is 20.3 Å². The van der Waals surface area contributed by atoms with Crippen molar-refractivity contribution in [2.24, 2.45) is 46.0 Å². The molecule has 4 fully saturated rings. The molecule has 120 valence electrons. The van der Waals surface area contributed by atoms with E-state index in [9.17, 15) is 0 Å². The van der Waals surface area contributed by atoms with Crippen molar-refractivity contribution < 1.29 is 0 Å². The third kappa shape index (κ3) is 1.97. The van der Waals surface area contributed by atoms with E-state index < -0.39 is 0 Å². The minimum Gasteiger partial charge on any atom is -0.326 e. The smallest absolute Gasteiger partial charge is 0.0197 e. The minimum atomic E-state index is 0.238. The molecule has 2 heteroatoms. The Hall–Kier alpha value is -0.0800. The average Bonchev–Trinajstić information content (AvgIpc) is 2.82. The zero-order valence-electron chi connectivity index (χ0n) is 14.0. The van der Waals surface area contributed by atoms with E-state index in [1.54, 1.807) is 0 Å². The van der Waals surface area contributed by atoms with Gasteiger partial charge in [0.25, 0.3) is 0 Å². The van der Waals surface area contributed by atoms with Crippen LogP contribution < -0.4 is 11.5 Å². The number of hydrogen-bond acceptors (Lipinski definition) is 2. The molecule has 0 radical (unpaired) electrons. The average molecular weight is 290 g/mol. The summed E-state index contributed by atoms with van der Waals surface area (Å²) in [5.41, 5.74) is 13.9. The molecule has 0 saturated heterocycles. The second-order valence-corrected chi connectivity index (χ2v) is 9.51. The van der Waals surface area contributed by atoms with E-state index in [4.69, 9.17) is 11.5 Å². The van der Waals surface area contributed by atoms with E-state index in [1.165, 1.54) is 57.8 Å². The Labute approximate surface area is 130 Å². The molecule has 21 heavy (non-hydrogen) atoms. The topological polar surface area (TPSA) is 52.0 Å². The first-order valence-corrected chi connectivity index (χ1v) is 9.45. The van der Waals surface area contributed by atoms with Crippen LogP contribution in [0.5, 0.6) is 0 Å². The summed E-state index contributed by atoms with van der Waals surface area (Å²) >= 11 is 0. The van der Waals surface area contributed by atoms with Gasteiger partial charge in [0.05, 0.1) is 0 Å². The molecule has 0 spiro atoms. The third-order valence-electron chi connectivity index (χ3n) is 8.63. The van der Waals surface area contributed by atoms with E-state index in [0.717, 1.165) is 23.7 Å². The standard InChI is InChI=1S/C19H34N2/c1-18-8-3-4-14(18)13-6-5-12-10-16(20)17(21)11-19(12,2)15(13)7-9-18/h12-17H,3-11,20-21H2,1-2H3/t12-,13-,14-,15-,16-,17+,18-,19-/m0/s1. The van der Waals surface area contributed by atoms with Crippen LogP contribution in [0.1, 0.15) is 71.6 Å². The van der Waals surface area contributed by atoms with E-state index >= 15 is 0 Å². The first-order valence-electron chi connectivity index (χ1n) is 9.45. The van der Waals surface area contributed by atoms with Crippen molar-refractivity contribution in [1.29, 1.82) is 0 Å². The van der Waals surface area contributed by atoms with Crippen molar-refractivity contribution in [3.8, 4) is 0 Å². The van der Waals surface area contributed by atoms with Gasteiger partial charge in [-0.15, -0.1) is 0 Å². The molecule has 0 unspecified atom stereocenters. The molecule has 2 nitrogen and oxygen atoms in total. The Morgan fingerprint density at radius 3 is 2.48 bits per heavy atom. The van der Waals surface area contributed by atoms with Crippen LogP contribution in [0.15, 0.2) is 0 Å². The molecule has 0 aromatic heterocycles. The molecule has 0 aliphatic heterocycles. The van der Waals surface area contributed by atoms with Gasteiger partial charge in [-0.05, 0) is 85.9 Å². The molecule has 0 heterocycles. The predicted molar refractivity (Wildman–Crippen MR) is 87.7 cm³/mol. The lowest BCUT2D eigenvalue weighted by Gasteiger charge is -2.61. The van der Waals surface area contributed by atoms with Gasteiger partial charge < -0.3 is 11.5 Å². The maximum absolute atomic E-state index is 6.40. The van der Waals surface area contributed by atoms with Crippen molar-refractivity contribution in [3.63, 3.8) is 0 Å². The summed E-state index contributed by atoms with van der Waals surface area (Å²) < 4.78 is 0. The fraction of sp³-hybridized carbons (Fsp3) is 1.00. The highest BCUT2D eigenvalue weighted by Crippen LogP contribution is 2.65. The lowest BCUT2D eigenvalue weighted by molar-refractivity contribution is -0.109. The van der Waals surface area contributed by atoms with Gasteiger partial charge in [-0.3, -0.25) is 0 Å². The molecule has 0 bridgehead atoms. The predicted octanol–water partition coefficient (Wildman–Crippen LogP) is 3.68. The molecule has 4 N–H and O–H groups in total. The van der Waals surface area contributed by atoms with Gasteiger partial charge in [0.15, 0.2) is 0 Å². The van der Waals surface area contributed by atoms with Gasteiger partial charge in [0, 0.05) is 12.1 Å². The third-order valence-corrected chi connectivity index (χ3v) is 8.63. The normalized spacial score (nSPS) is 60.0. The Balaban J connectivity index is 1.63. The van der Waals surface area contributed by atoms with Gasteiger partial charge in [0.2, 0.25) is 0 Å². The van der Waals surface area contributed by atoms with Crippen LogP contribution in [0, 0.1) is 34.5 Å². The Bertz CT molecular complexity index is 422. The number of rotatable bonds is 0. The van der Waals surface area contributed by atoms with Crippen LogP contribution in [0.25, 0.3) is 0 Å². The summed E-state index contributed by atoms with van der Waals surface area (Å²) in [6, 6.07) is 0.488. The highest BCUT2D eigenvalue weighted by Gasteiger charge is 2.58. The monoisotopic (exact) mass is 290 g/mol. The molecule has 4 aliphatic carbocycles. The summed E-state index contributed by atoms with van der Waals surface area (Å²) in [5, 5.41) is 0. The van der Waals surface area contributed by atoms with E-state index in [0.29, 0.717) is 10.8 Å². The molecule has 8 atom stereocenters. The van der Waals surface area contributed by atoms with Gasteiger partial charge in [-0.2, -0.15) is 0 Å². The molecular weight excluding hydrogens is 256 g/mol. The fourth-order valence-electron chi connectivity index (χ4n) is 7.40. The van der Waals surface area contributed by atoms with E-state index in [2.05, 4.69) is 13.8 Å². The highest BCUT2D eigenvalue weighted by molar-refractivity contribution is 5.09. The van der Waals surface area contributed by atoms with Crippen LogP contribution in [-0.4, -0.2) is 12.1 Å². The zero-order chi connectivity index (χ0) is 14.8. The van der Waals surface area contributed by atoms with Crippen molar-refractivity contribution >= 4 is 0 Å². The van der Waals surface area contributed by atoms with Gasteiger partial charge in [-0.25, -0.2) is 0 Å². The Kier molecular flexibility index (Phi) is 3.25. The number of hydrogen-bond donors (Lipinski definition) is 2. The van der Waals surface area contributed by atoms with Gasteiger partial charge in [0.1, 0.15) is 0 Å². The van der Waals surface area contributed by atoms with Crippen LogP contribution in [0.4, 0.5) is 0 Å². The molecule has 4 aliphatic rings. The quantitative estimate of drug-likeness (QED) is 0.715. The lowest BCUT2D eigenvalue weighted by atomic mass is 9.44. The molecule has 0 aromatic rings. The van der Waals surface area contributed by atoms with Gasteiger partial charge >= 0.3 is 0 Å². The first-order chi connectivity index (χ1) is 9.94. The van der Waals surface area contributed by atoms with E-state index in [1.807, 2.05) is 0 Å². The summed E-state index contributed by atoms with van der Waals surface area (Å²) in [6.07, 6.45) is 12.7. The largest absolute Gasteiger partial charge is 0.326 e. The maximum Gasteiger partial charge on any atom is 0.0197 e. The summed E-state index contributed by atoms with van der Waals surface area (Å²) in [6.45, 7) is 5.18. The fourth-order valence-corrected chi connectivity index (χ4v) is 7.40. The summed E-state index contributed by atoms with van der Waals surface area (Å²) in [4.78, 5) is 0. The Morgan fingerprint density at radius 2 is 1.67 bits per heavy atom. The molecular formula is C19H34N2. The van der Waals surface area contributed by atoms with Crippen LogP contribution in [0.3, 0.4) is 0 Å². The zero-order valence-corrected chi connectivity index (χ0v) is 14.0. The number of nitrogens with two attached hydrogens (primary N) is 2. The van der Waals surface area contributed by atoms with Crippen molar-refractivity contribution in [3.05, 3.63) is 0 Å². The second-order valence-electron chi connectivity index (χ2n) is 9.51.